The van der Waals surface area contributed by atoms with E-state index in [0.29, 0.717) is 19.6 Å². The third-order valence-corrected chi connectivity index (χ3v) is 4.62. The quantitative estimate of drug-likeness (QED) is 0.664. The minimum atomic E-state index is 0.00258. The lowest BCUT2D eigenvalue weighted by molar-refractivity contribution is -0.120. The number of nitrogens with one attached hydrogen (secondary N) is 1. The van der Waals surface area contributed by atoms with Crippen LogP contribution in [-0.4, -0.2) is 30.7 Å². The molecule has 0 fully saturated rings. The monoisotopic (exact) mass is 352 g/mol. The smallest absolute Gasteiger partial charge is 0.224 e. The Morgan fingerprint density at radius 1 is 1.08 bits per heavy atom. The maximum Gasteiger partial charge on any atom is 0.224 e. The summed E-state index contributed by atoms with van der Waals surface area (Å²) in [5.41, 5.74) is 3.35. The topological polar surface area (TPSA) is 52.5 Å². The maximum atomic E-state index is 12.3. The van der Waals surface area contributed by atoms with Crippen molar-refractivity contribution in [2.24, 2.45) is 7.05 Å². The van der Waals surface area contributed by atoms with Crippen LogP contribution in [0.3, 0.4) is 0 Å². The Balaban J connectivity index is 1.52. The molecule has 3 rings (SSSR count). The van der Waals surface area contributed by atoms with Crippen molar-refractivity contribution in [2.75, 3.05) is 20.3 Å². The number of hydrogen-bond acceptors (Lipinski definition) is 3. The second kappa shape index (κ2) is 7.95. The molecule has 5 nitrogen and oxygen atoms in total. The molecule has 0 aliphatic heterocycles. The van der Waals surface area contributed by atoms with Crippen LogP contribution in [-0.2, 0) is 18.3 Å². The van der Waals surface area contributed by atoms with Crippen LogP contribution >= 0.6 is 0 Å². The van der Waals surface area contributed by atoms with Gasteiger partial charge in [-0.1, -0.05) is 18.2 Å². The van der Waals surface area contributed by atoms with Gasteiger partial charge in [0.1, 0.15) is 18.1 Å². The van der Waals surface area contributed by atoms with Crippen LogP contribution in [0.1, 0.15) is 11.3 Å². The van der Waals surface area contributed by atoms with Gasteiger partial charge in [0.25, 0.3) is 0 Å². The first-order chi connectivity index (χ1) is 12.6. The number of aryl methyl sites for hydroxylation is 1. The van der Waals surface area contributed by atoms with Gasteiger partial charge in [0, 0.05) is 23.6 Å². The average Bonchev–Trinajstić information content (AvgIpc) is 2.91. The number of hydrogen-bond donors (Lipinski definition) is 1. The fraction of sp³-hybridized carbons (Fsp3) is 0.286. The van der Waals surface area contributed by atoms with Crippen molar-refractivity contribution >= 4 is 16.8 Å². The lowest BCUT2D eigenvalue weighted by Gasteiger charge is -2.09. The SMILES string of the molecule is COc1ccc(OCCNC(=O)Cc2c(C)n(C)c3ccccc23)cc1. The molecule has 0 saturated heterocycles. The van der Waals surface area contributed by atoms with Crippen molar-refractivity contribution in [1.29, 1.82) is 0 Å². The van der Waals surface area contributed by atoms with Crippen molar-refractivity contribution in [2.45, 2.75) is 13.3 Å². The molecule has 136 valence electrons. The van der Waals surface area contributed by atoms with Gasteiger partial charge in [0.05, 0.1) is 20.1 Å². The third-order valence-electron chi connectivity index (χ3n) is 4.62. The number of para-hydroxylation sites is 1. The van der Waals surface area contributed by atoms with Crippen LogP contribution in [0.25, 0.3) is 10.9 Å². The van der Waals surface area contributed by atoms with E-state index in [0.717, 1.165) is 33.7 Å². The summed E-state index contributed by atoms with van der Waals surface area (Å²) in [6.45, 7) is 2.94. The predicted molar refractivity (Wildman–Crippen MR) is 103 cm³/mol. The van der Waals surface area contributed by atoms with Crippen LogP contribution in [0.15, 0.2) is 48.5 Å². The fourth-order valence-corrected chi connectivity index (χ4v) is 3.08. The number of methoxy groups -OCH3 is 1. The van der Waals surface area contributed by atoms with Crippen molar-refractivity contribution in [1.82, 2.24) is 9.88 Å². The van der Waals surface area contributed by atoms with E-state index in [9.17, 15) is 4.79 Å². The van der Waals surface area contributed by atoms with Crippen LogP contribution in [0.2, 0.25) is 0 Å². The highest BCUT2D eigenvalue weighted by molar-refractivity contribution is 5.90. The summed E-state index contributed by atoms with van der Waals surface area (Å²) in [7, 11) is 3.66. The Morgan fingerprint density at radius 3 is 2.50 bits per heavy atom. The van der Waals surface area contributed by atoms with Gasteiger partial charge in [0.15, 0.2) is 0 Å². The van der Waals surface area contributed by atoms with Gasteiger partial charge in [-0.3, -0.25) is 4.79 Å². The second-order valence-electron chi connectivity index (χ2n) is 6.19. The number of amides is 1. The molecule has 0 saturated carbocycles. The summed E-state index contributed by atoms with van der Waals surface area (Å²) in [5.74, 6) is 1.55. The molecule has 1 amide bonds. The van der Waals surface area contributed by atoms with Crippen LogP contribution in [0, 0.1) is 6.92 Å². The van der Waals surface area contributed by atoms with Crippen molar-refractivity contribution in [3.63, 3.8) is 0 Å². The Hall–Kier alpha value is -2.95. The number of ether oxygens (including phenoxy) is 2. The number of nitrogens with zero attached hydrogens (tertiary/aromatic N) is 1. The van der Waals surface area contributed by atoms with E-state index in [1.54, 1.807) is 7.11 Å². The summed E-state index contributed by atoms with van der Waals surface area (Å²) < 4.78 is 12.9. The zero-order valence-corrected chi connectivity index (χ0v) is 15.4. The first kappa shape index (κ1) is 17.9. The summed E-state index contributed by atoms with van der Waals surface area (Å²) in [4.78, 5) is 12.3. The fourth-order valence-electron chi connectivity index (χ4n) is 3.08. The standard InChI is InChI=1S/C21H24N2O3/c1-15-19(18-6-4-5-7-20(18)23(15)2)14-21(24)22-12-13-26-17-10-8-16(25-3)9-11-17/h4-11H,12-14H2,1-3H3,(H,22,24). The Kier molecular flexibility index (Phi) is 5.46. The molecule has 0 spiro atoms. The van der Waals surface area contributed by atoms with Gasteiger partial charge >= 0.3 is 0 Å². The van der Waals surface area contributed by atoms with Gasteiger partial charge in [-0.15, -0.1) is 0 Å². The predicted octanol–water partition coefficient (Wildman–Crippen LogP) is 3.23. The van der Waals surface area contributed by atoms with E-state index in [2.05, 4.69) is 28.9 Å². The van der Waals surface area contributed by atoms with Gasteiger partial charge in [-0.05, 0) is 42.8 Å². The summed E-state index contributed by atoms with van der Waals surface area (Å²) >= 11 is 0. The van der Waals surface area contributed by atoms with E-state index in [-0.39, 0.29) is 5.91 Å². The number of carbonyl (C=O) groups is 1. The molecule has 0 radical (unpaired) electrons. The van der Waals surface area contributed by atoms with Gasteiger partial charge in [0.2, 0.25) is 5.91 Å². The lowest BCUT2D eigenvalue weighted by atomic mass is 10.1. The molecule has 1 N–H and O–H groups in total. The first-order valence-corrected chi connectivity index (χ1v) is 8.66. The Bertz CT molecular complexity index is 898. The zero-order valence-electron chi connectivity index (χ0n) is 15.4. The number of fused-ring (bicyclic) bond motifs is 1. The van der Waals surface area contributed by atoms with E-state index in [1.807, 2.05) is 43.4 Å². The van der Waals surface area contributed by atoms with Crippen LogP contribution in [0.5, 0.6) is 11.5 Å². The number of carbonyl (C=O) groups excluding carboxylic acids is 1. The zero-order chi connectivity index (χ0) is 18.5. The molecular weight excluding hydrogens is 328 g/mol. The van der Waals surface area contributed by atoms with Crippen molar-refractivity contribution in [3.05, 3.63) is 59.8 Å². The lowest BCUT2D eigenvalue weighted by Crippen LogP contribution is -2.29. The van der Waals surface area contributed by atoms with E-state index in [4.69, 9.17) is 9.47 Å². The molecular formula is C21H24N2O3. The van der Waals surface area contributed by atoms with Gasteiger partial charge in [-0.25, -0.2) is 0 Å². The first-order valence-electron chi connectivity index (χ1n) is 8.66. The molecule has 5 heteroatoms. The largest absolute Gasteiger partial charge is 0.497 e. The van der Waals surface area contributed by atoms with E-state index in [1.165, 1.54) is 0 Å². The normalized spacial score (nSPS) is 10.7. The van der Waals surface area contributed by atoms with Gasteiger partial charge < -0.3 is 19.4 Å². The third kappa shape index (κ3) is 3.82. The van der Waals surface area contributed by atoms with E-state index < -0.39 is 0 Å². The molecule has 3 aromatic rings. The minimum absolute atomic E-state index is 0.00258. The summed E-state index contributed by atoms with van der Waals surface area (Å²) in [6.07, 6.45) is 0.371. The number of rotatable bonds is 7. The number of benzene rings is 2. The Labute approximate surface area is 153 Å². The highest BCUT2D eigenvalue weighted by atomic mass is 16.5. The Morgan fingerprint density at radius 2 is 1.77 bits per heavy atom. The van der Waals surface area contributed by atoms with Crippen LogP contribution < -0.4 is 14.8 Å². The van der Waals surface area contributed by atoms with Gasteiger partial charge in [-0.2, -0.15) is 0 Å². The maximum absolute atomic E-state index is 12.3. The molecule has 0 bridgehead atoms. The molecule has 1 aromatic heterocycles. The second-order valence-corrected chi connectivity index (χ2v) is 6.19. The molecule has 0 aliphatic carbocycles. The number of aromatic nitrogens is 1. The van der Waals surface area contributed by atoms with E-state index >= 15 is 0 Å². The summed E-state index contributed by atoms with van der Waals surface area (Å²) in [5, 5.41) is 4.06. The highest BCUT2D eigenvalue weighted by Crippen LogP contribution is 2.25. The molecule has 0 aliphatic rings. The molecule has 1 heterocycles. The minimum Gasteiger partial charge on any atom is -0.497 e. The molecule has 2 aromatic carbocycles. The van der Waals surface area contributed by atoms with Crippen molar-refractivity contribution in [3.8, 4) is 11.5 Å². The highest BCUT2D eigenvalue weighted by Gasteiger charge is 2.14. The molecule has 26 heavy (non-hydrogen) atoms. The molecule has 0 unspecified atom stereocenters. The van der Waals surface area contributed by atoms with Crippen molar-refractivity contribution < 1.29 is 14.3 Å². The average molecular weight is 352 g/mol. The summed E-state index contributed by atoms with van der Waals surface area (Å²) in [6, 6.07) is 15.5. The molecule has 0 atom stereocenters. The van der Waals surface area contributed by atoms with Crippen LogP contribution in [0.4, 0.5) is 0 Å².